The van der Waals surface area contributed by atoms with Crippen molar-refractivity contribution in [2.24, 2.45) is 0 Å². The number of rotatable bonds is 3. The monoisotopic (exact) mass is 335 g/mol. The number of hydrogen-bond acceptors (Lipinski definition) is 4. The van der Waals surface area contributed by atoms with Crippen LogP contribution in [-0.2, 0) is 0 Å². The molecule has 1 aromatic heterocycles. The fourth-order valence-electron chi connectivity index (χ4n) is 3.46. The number of carbonyl (C=O) groups excluding carboxylic acids is 1. The van der Waals surface area contributed by atoms with E-state index in [4.69, 9.17) is 0 Å². The van der Waals surface area contributed by atoms with Gasteiger partial charge in [0.1, 0.15) is 0 Å². The average Bonchev–Trinajstić information content (AvgIpc) is 3.29. The largest absolute Gasteiger partial charge is 0.309 e. The number of nitrogens with zero attached hydrogens (tertiary/aromatic N) is 5. The topological polar surface area (TPSA) is 54.3 Å². The minimum Gasteiger partial charge on any atom is -0.309 e. The van der Waals surface area contributed by atoms with Crippen LogP contribution in [0.2, 0.25) is 0 Å². The smallest absolute Gasteiger partial charge is 0.280 e. The molecule has 1 unspecified atom stereocenters. The highest BCUT2D eigenvalue weighted by molar-refractivity contribution is 6.09. The summed E-state index contributed by atoms with van der Waals surface area (Å²) in [5.74, 6) is -0.144. The van der Waals surface area contributed by atoms with Crippen LogP contribution in [0.15, 0.2) is 48.7 Å². The molecule has 6 heteroatoms. The van der Waals surface area contributed by atoms with Gasteiger partial charge in [-0.05, 0) is 31.5 Å². The number of likely N-dealkylation sites (N-methyl/N-ethyl adjacent to an activating group) is 1. The second kappa shape index (κ2) is 6.29. The number of anilines is 1. The summed E-state index contributed by atoms with van der Waals surface area (Å²) in [4.78, 5) is 16.8. The molecule has 2 aromatic carbocycles. The molecular formula is C19H21N5O. The van der Waals surface area contributed by atoms with Crippen LogP contribution in [0.1, 0.15) is 23.0 Å². The van der Waals surface area contributed by atoms with E-state index < -0.39 is 0 Å². The van der Waals surface area contributed by atoms with Gasteiger partial charge in [0.2, 0.25) is 0 Å². The van der Waals surface area contributed by atoms with Gasteiger partial charge in [-0.2, -0.15) is 0 Å². The van der Waals surface area contributed by atoms with Gasteiger partial charge in [-0.15, -0.1) is 5.10 Å². The van der Waals surface area contributed by atoms with Crippen molar-refractivity contribution in [3.8, 4) is 0 Å². The molecule has 0 bridgehead atoms. The Balaban J connectivity index is 1.61. The van der Waals surface area contributed by atoms with Crippen molar-refractivity contribution in [1.29, 1.82) is 0 Å². The SMILES string of the molecule is CN1CCC(n2cc(C(=O)N(C)c3cccc4ccccc34)nn2)C1. The fraction of sp³-hybridized carbons (Fsp3) is 0.316. The lowest BCUT2D eigenvalue weighted by molar-refractivity contribution is 0.0988. The Labute approximate surface area is 146 Å². The predicted molar refractivity (Wildman–Crippen MR) is 97.9 cm³/mol. The van der Waals surface area contributed by atoms with Crippen LogP contribution in [0.25, 0.3) is 10.8 Å². The van der Waals surface area contributed by atoms with Gasteiger partial charge >= 0.3 is 0 Å². The normalized spacial score (nSPS) is 17.9. The summed E-state index contributed by atoms with van der Waals surface area (Å²) in [6.45, 7) is 1.99. The van der Waals surface area contributed by atoms with Crippen LogP contribution >= 0.6 is 0 Å². The first kappa shape index (κ1) is 15.8. The molecule has 2 heterocycles. The van der Waals surface area contributed by atoms with Crippen LogP contribution in [0.5, 0.6) is 0 Å². The first-order chi connectivity index (χ1) is 12.1. The fourth-order valence-corrected chi connectivity index (χ4v) is 3.46. The van der Waals surface area contributed by atoms with Crippen molar-refractivity contribution in [2.45, 2.75) is 12.5 Å². The van der Waals surface area contributed by atoms with E-state index in [9.17, 15) is 4.79 Å². The number of fused-ring (bicyclic) bond motifs is 1. The van der Waals surface area contributed by atoms with Crippen LogP contribution in [-0.4, -0.2) is 53.0 Å². The third kappa shape index (κ3) is 2.89. The summed E-state index contributed by atoms with van der Waals surface area (Å²) in [5.41, 5.74) is 1.25. The van der Waals surface area contributed by atoms with Crippen molar-refractivity contribution in [1.82, 2.24) is 19.9 Å². The zero-order chi connectivity index (χ0) is 17.4. The lowest BCUT2D eigenvalue weighted by atomic mass is 10.1. The van der Waals surface area contributed by atoms with Crippen LogP contribution in [0.4, 0.5) is 5.69 Å². The van der Waals surface area contributed by atoms with Gasteiger partial charge in [0.05, 0.1) is 17.9 Å². The Morgan fingerprint density at radius 2 is 2.00 bits per heavy atom. The maximum Gasteiger partial charge on any atom is 0.280 e. The summed E-state index contributed by atoms with van der Waals surface area (Å²) < 4.78 is 1.83. The highest BCUT2D eigenvalue weighted by atomic mass is 16.2. The molecule has 3 aromatic rings. The van der Waals surface area contributed by atoms with Crippen molar-refractivity contribution < 1.29 is 4.79 Å². The van der Waals surface area contributed by atoms with Crippen LogP contribution < -0.4 is 4.90 Å². The van der Waals surface area contributed by atoms with Crippen molar-refractivity contribution in [3.63, 3.8) is 0 Å². The highest BCUT2D eigenvalue weighted by Gasteiger charge is 2.24. The summed E-state index contributed by atoms with van der Waals surface area (Å²) >= 11 is 0. The van der Waals surface area contributed by atoms with Crippen LogP contribution in [0, 0.1) is 0 Å². The number of carbonyl (C=O) groups is 1. The maximum atomic E-state index is 12.9. The Hall–Kier alpha value is -2.73. The van der Waals surface area contributed by atoms with Gasteiger partial charge in [0, 0.05) is 19.0 Å². The lowest BCUT2D eigenvalue weighted by Gasteiger charge is -2.18. The quantitative estimate of drug-likeness (QED) is 0.738. The van der Waals surface area contributed by atoms with Gasteiger partial charge in [0.25, 0.3) is 5.91 Å². The van der Waals surface area contributed by atoms with E-state index in [-0.39, 0.29) is 5.91 Å². The number of aromatic nitrogens is 3. The number of amides is 1. The molecule has 1 amide bonds. The lowest BCUT2D eigenvalue weighted by Crippen LogP contribution is -2.26. The molecule has 0 aliphatic carbocycles. The predicted octanol–water partition coefficient (Wildman–Crippen LogP) is 2.58. The van der Waals surface area contributed by atoms with E-state index in [2.05, 4.69) is 22.3 Å². The Kier molecular flexibility index (Phi) is 3.97. The van der Waals surface area contributed by atoms with Crippen molar-refractivity contribution in [2.75, 3.05) is 32.1 Å². The summed E-state index contributed by atoms with van der Waals surface area (Å²) in [6.07, 6.45) is 2.81. The Morgan fingerprint density at radius 1 is 1.20 bits per heavy atom. The molecule has 6 nitrogen and oxygen atoms in total. The van der Waals surface area contributed by atoms with E-state index in [0.717, 1.165) is 36.0 Å². The summed E-state index contributed by atoms with van der Waals surface area (Å²) in [5, 5.41) is 10.5. The highest BCUT2D eigenvalue weighted by Crippen LogP contribution is 2.27. The third-order valence-electron chi connectivity index (χ3n) is 4.90. The molecule has 25 heavy (non-hydrogen) atoms. The molecule has 0 spiro atoms. The van der Waals surface area contributed by atoms with Gasteiger partial charge in [-0.1, -0.05) is 41.6 Å². The molecule has 1 saturated heterocycles. The second-order valence-corrected chi connectivity index (χ2v) is 6.65. The minimum atomic E-state index is -0.144. The average molecular weight is 335 g/mol. The van der Waals surface area contributed by atoms with E-state index in [1.165, 1.54) is 0 Å². The standard InChI is InChI=1S/C19H21N5O/c1-22-11-10-15(12-22)24-13-17(20-21-24)19(25)23(2)18-9-5-7-14-6-3-4-8-16(14)18/h3-9,13,15H,10-12H2,1-2H3. The molecule has 1 fully saturated rings. The van der Waals surface area contributed by atoms with Gasteiger partial charge in [0.15, 0.2) is 5.69 Å². The van der Waals surface area contributed by atoms with E-state index in [1.807, 2.05) is 47.1 Å². The van der Waals surface area contributed by atoms with Gasteiger partial charge in [-0.3, -0.25) is 4.79 Å². The maximum absolute atomic E-state index is 12.9. The second-order valence-electron chi connectivity index (χ2n) is 6.65. The van der Waals surface area contributed by atoms with Crippen molar-refractivity contribution >= 4 is 22.4 Å². The summed E-state index contributed by atoms with van der Waals surface area (Å²) in [6, 6.07) is 14.3. The first-order valence-electron chi connectivity index (χ1n) is 8.49. The molecule has 0 radical (unpaired) electrons. The molecule has 1 aliphatic rings. The number of benzene rings is 2. The van der Waals surface area contributed by atoms with E-state index >= 15 is 0 Å². The molecular weight excluding hydrogens is 314 g/mol. The Bertz CT molecular complexity index is 914. The van der Waals surface area contributed by atoms with Crippen LogP contribution in [0.3, 0.4) is 0 Å². The van der Waals surface area contributed by atoms with Crippen molar-refractivity contribution in [3.05, 3.63) is 54.4 Å². The first-order valence-corrected chi connectivity index (χ1v) is 8.49. The minimum absolute atomic E-state index is 0.144. The molecule has 1 atom stereocenters. The zero-order valence-electron chi connectivity index (χ0n) is 14.5. The number of likely N-dealkylation sites (tertiary alicyclic amines) is 1. The molecule has 4 rings (SSSR count). The molecule has 0 N–H and O–H groups in total. The zero-order valence-corrected chi connectivity index (χ0v) is 14.5. The van der Waals surface area contributed by atoms with E-state index in [1.54, 1.807) is 18.1 Å². The van der Waals surface area contributed by atoms with Gasteiger partial charge < -0.3 is 9.80 Å². The third-order valence-corrected chi connectivity index (χ3v) is 4.90. The summed E-state index contributed by atoms with van der Waals surface area (Å²) in [7, 11) is 3.88. The molecule has 1 aliphatic heterocycles. The number of hydrogen-bond donors (Lipinski definition) is 0. The Morgan fingerprint density at radius 3 is 2.80 bits per heavy atom. The molecule has 128 valence electrons. The molecule has 0 saturated carbocycles. The van der Waals surface area contributed by atoms with Gasteiger partial charge in [-0.25, -0.2) is 4.68 Å². The van der Waals surface area contributed by atoms with E-state index in [0.29, 0.717) is 11.7 Å².